The van der Waals surface area contributed by atoms with Crippen LogP contribution in [-0.4, -0.2) is 55.1 Å². The monoisotopic (exact) mass is 192 g/mol. The number of rotatable bonds is 2. The zero-order valence-corrected chi connectivity index (χ0v) is 8.01. The van der Waals surface area contributed by atoms with Crippen LogP contribution in [0.5, 0.6) is 0 Å². The van der Waals surface area contributed by atoms with Gasteiger partial charge in [0.15, 0.2) is 6.29 Å². The Labute approximate surface area is 77.2 Å². The molecule has 1 heterocycles. The Balaban J connectivity index is 2.69. The average Bonchev–Trinajstić information content (AvgIpc) is 2.12. The van der Waals surface area contributed by atoms with E-state index >= 15 is 0 Å². The number of ether oxygens (including phenoxy) is 3. The van der Waals surface area contributed by atoms with Gasteiger partial charge in [0.2, 0.25) is 0 Å². The summed E-state index contributed by atoms with van der Waals surface area (Å²) < 4.78 is 15.0. The molecule has 0 aromatic rings. The Hall–Kier alpha value is -0.200. The molecule has 5 nitrogen and oxygen atoms in total. The van der Waals surface area contributed by atoms with Crippen LogP contribution in [-0.2, 0) is 14.2 Å². The summed E-state index contributed by atoms with van der Waals surface area (Å²) in [6.07, 6.45) is -3.58. The number of hydrogen-bond donors (Lipinski definition) is 2. The second kappa shape index (κ2) is 4.34. The number of aliphatic hydroxyl groups is 2. The fourth-order valence-electron chi connectivity index (χ4n) is 1.47. The fourth-order valence-corrected chi connectivity index (χ4v) is 1.47. The summed E-state index contributed by atoms with van der Waals surface area (Å²) in [5.74, 6) is 0. The Morgan fingerprint density at radius 1 is 1.08 bits per heavy atom. The maximum atomic E-state index is 9.58. The molecule has 78 valence electrons. The van der Waals surface area contributed by atoms with Crippen molar-refractivity contribution >= 4 is 0 Å². The first-order valence-corrected chi connectivity index (χ1v) is 4.19. The van der Waals surface area contributed by atoms with Crippen molar-refractivity contribution in [3.63, 3.8) is 0 Å². The summed E-state index contributed by atoms with van der Waals surface area (Å²) in [5.41, 5.74) is 0. The highest BCUT2D eigenvalue weighted by Crippen LogP contribution is 2.22. The van der Waals surface area contributed by atoms with Crippen LogP contribution in [0.2, 0.25) is 0 Å². The van der Waals surface area contributed by atoms with E-state index in [0.29, 0.717) is 0 Å². The summed E-state index contributed by atoms with van der Waals surface area (Å²) in [6.45, 7) is 1.70. The number of aliphatic hydroxyl groups excluding tert-OH is 2. The molecule has 2 N–H and O–H groups in total. The molecule has 0 aromatic carbocycles. The van der Waals surface area contributed by atoms with Gasteiger partial charge in [0.25, 0.3) is 0 Å². The van der Waals surface area contributed by atoms with Crippen LogP contribution in [0.4, 0.5) is 0 Å². The van der Waals surface area contributed by atoms with Gasteiger partial charge in [-0.25, -0.2) is 0 Å². The van der Waals surface area contributed by atoms with E-state index in [1.54, 1.807) is 6.92 Å². The van der Waals surface area contributed by atoms with E-state index in [1.807, 2.05) is 0 Å². The first-order chi connectivity index (χ1) is 6.11. The van der Waals surface area contributed by atoms with E-state index in [0.717, 1.165) is 0 Å². The molecule has 0 unspecified atom stereocenters. The standard InChI is InChI=1S/C8H16O5/c1-4-5(9)7(11-2)6(10)8(12-3)13-4/h4-10H,1-3H3/t4-,5-,6-,7+,8-/m0/s1. The molecule has 5 atom stereocenters. The molecular formula is C8H16O5. The molecule has 1 aliphatic rings. The summed E-state index contributed by atoms with van der Waals surface area (Å²) in [5, 5.41) is 19.1. The van der Waals surface area contributed by atoms with Crippen molar-refractivity contribution in [2.45, 2.75) is 37.6 Å². The summed E-state index contributed by atoms with van der Waals surface area (Å²) in [7, 11) is 2.87. The maximum absolute atomic E-state index is 9.58. The van der Waals surface area contributed by atoms with Crippen LogP contribution in [0, 0.1) is 0 Å². The van der Waals surface area contributed by atoms with Crippen molar-refractivity contribution in [2.75, 3.05) is 14.2 Å². The summed E-state index contributed by atoms with van der Waals surface area (Å²) in [6, 6.07) is 0. The van der Waals surface area contributed by atoms with E-state index in [1.165, 1.54) is 14.2 Å². The van der Waals surface area contributed by atoms with Crippen LogP contribution < -0.4 is 0 Å². The molecule has 5 heteroatoms. The van der Waals surface area contributed by atoms with Crippen LogP contribution in [0.3, 0.4) is 0 Å². The van der Waals surface area contributed by atoms with E-state index < -0.39 is 30.7 Å². The van der Waals surface area contributed by atoms with Crippen molar-refractivity contribution in [1.82, 2.24) is 0 Å². The molecule has 0 amide bonds. The molecule has 13 heavy (non-hydrogen) atoms. The van der Waals surface area contributed by atoms with Gasteiger partial charge in [-0.1, -0.05) is 0 Å². The first-order valence-electron chi connectivity index (χ1n) is 4.19. The molecule has 1 saturated heterocycles. The molecule has 1 rings (SSSR count). The summed E-state index contributed by atoms with van der Waals surface area (Å²) in [4.78, 5) is 0. The lowest BCUT2D eigenvalue weighted by atomic mass is 10.00. The lowest BCUT2D eigenvalue weighted by Gasteiger charge is -2.40. The smallest absolute Gasteiger partial charge is 0.186 e. The third-order valence-corrected chi connectivity index (χ3v) is 2.29. The van der Waals surface area contributed by atoms with Gasteiger partial charge in [-0.2, -0.15) is 0 Å². The second-order valence-electron chi connectivity index (χ2n) is 3.13. The largest absolute Gasteiger partial charge is 0.388 e. The predicted octanol–water partition coefficient (Wildman–Crippen LogP) is -0.886. The van der Waals surface area contributed by atoms with Gasteiger partial charge in [0.1, 0.15) is 18.3 Å². The normalized spacial score (nSPS) is 46.4. The molecule has 1 aliphatic heterocycles. The van der Waals surface area contributed by atoms with Crippen LogP contribution in [0.15, 0.2) is 0 Å². The van der Waals surface area contributed by atoms with Gasteiger partial charge in [-0.3, -0.25) is 0 Å². The van der Waals surface area contributed by atoms with E-state index in [-0.39, 0.29) is 0 Å². The van der Waals surface area contributed by atoms with Gasteiger partial charge >= 0.3 is 0 Å². The van der Waals surface area contributed by atoms with Gasteiger partial charge in [-0.15, -0.1) is 0 Å². The first kappa shape index (κ1) is 10.9. The number of methoxy groups -OCH3 is 2. The topological polar surface area (TPSA) is 68.2 Å². The molecule has 1 fully saturated rings. The van der Waals surface area contributed by atoms with Gasteiger partial charge in [-0.05, 0) is 6.92 Å². The highest BCUT2D eigenvalue weighted by atomic mass is 16.7. The minimum atomic E-state index is -0.957. The Kier molecular flexibility index (Phi) is 3.63. The Morgan fingerprint density at radius 2 is 1.69 bits per heavy atom. The molecular weight excluding hydrogens is 176 g/mol. The van der Waals surface area contributed by atoms with Gasteiger partial charge < -0.3 is 24.4 Å². The SMILES string of the molecule is CO[C@H]1O[C@@H](C)[C@H](O)[C@@H](OC)[C@@H]1O. The molecule has 0 aromatic heterocycles. The zero-order valence-electron chi connectivity index (χ0n) is 8.01. The molecule has 0 aliphatic carbocycles. The highest BCUT2D eigenvalue weighted by molar-refractivity contribution is 4.88. The predicted molar refractivity (Wildman–Crippen MR) is 44.2 cm³/mol. The zero-order chi connectivity index (χ0) is 10.0. The number of hydrogen-bond acceptors (Lipinski definition) is 5. The van der Waals surface area contributed by atoms with Gasteiger partial charge in [0.05, 0.1) is 6.10 Å². The molecule has 0 bridgehead atoms. The van der Waals surface area contributed by atoms with Crippen LogP contribution in [0.25, 0.3) is 0 Å². The summed E-state index contributed by atoms with van der Waals surface area (Å²) >= 11 is 0. The highest BCUT2D eigenvalue weighted by Gasteiger charge is 2.43. The van der Waals surface area contributed by atoms with E-state index in [4.69, 9.17) is 14.2 Å². The molecule has 0 radical (unpaired) electrons. The van der Waals surface area contributed by atoms with Crippen molar-refractivity contribution < 1.29 is 24.4 Å². The lowest BCUT2D eigenvalue weighted by molar-refractivity contribution is -0.290. The van der Waals surface area contributed by atoms with Crippen molar-refractivity contribution in [1.29, 1.82) is 0 Å². The average molecular weight is 192 g/mol. The van der Waals surface area contributed by atoms with Crippen molar-refractivity contribution in [3.05, 3.63) is 0 Å². The fraction of sp³-hybridized carbons (Fsp3) is 1.00. The van der Waals surface area contributed by atoms with E-state index in [9.17, 15) is 10.2 Å². The molecule has 0 saturated carbocycles. The minimum absolute atomic E-state index is 0.404. The quantitative estimate of drug-likeness (QED) is 0.594. The second-order valence-corrected chi connectivity index (χ2v) is 3.13. The third-order valence-electron chi connectivity index (χ3n) is 2.29. The van der Waals surface area contributed by atoms with E-state index in [2.05, 4.69) is 0 Å². The maximum Gasteiger partial charge on any atom is 0.186 e. The Morgan fingerprint density at radius 3 is 2.15 bits per heavy atom. The minimum Gasteiger partial charge on any atom is -0.388 e. The van der Waals surface area contributed by atoms with Gasteiger partial charge in [0, 0.05) is 14.2 Å². The molecule has 0 spiro atoms. The third kappa shape index (κ3) is 2.00. The van der Waals surface area contributed by atoms with Crippen LogP contribution >= 0.6 is 0 Å². The lowest BCUT2D eigenvalue weighted by Crippen LogP contribution is -2.57. The van der Waals surface area contributed by atoms with Crippen LogP contribution in [0.1, 0.15) is 6.92 Å². The van der Waals surface area contributed by atoms with Crippen molar-refractivity contribution in [2.24, 2.45) is 0 Å². The van der Waals surface area contributed by atoms with Crippen molar-refractivity contribution in [3.8, 4) is 0 Å². The Bertz CT molecular complexity index is 163.